The number of hydrogen-bond donors (Lipinski definition) is 0. The molecule has 0 unspecified atom stereocenters. The molecular weight excluding hydrogens is 782 g/mol. The molecule has 2 aliphatic rings. The third-order valence-electron chi connectivity index (χ3n) is 8.10. The Morgan fingerprint density at radius 2 is 0.833 bits per heavy atom. The number of benzene rings is 4. The van der Waals surface area contributed by atoms with Gasteiger partial charge in [0, 0.05) is 0 Å². The van der Waals surface area contributed by atoms with Crippen molar-refractivity contribution in [2.75, 3.05) is 0 Å². The Kier molecular flexibility index (Phi) is 15.5. The van der Waals surface area contributed by atoms with Crippen molar-refractivity contribution in [3.63, 3.8) is 0 Å². The first-order valence-corrected chi connectivity index (χ1v) is 18.5. The topological polar surface area (TPSA) is 0 Å². The maximum atomic E-state index is 2.33. The number of fused-ring (bicyclic) bond motifs is 6. The Balaban J connectivity index is 0.000000207. The van der Waals surface area contributed by atoms with E-state index in [1.165, 1.54) is 82.9 Å². The van der Waals surface area contributed by atoms with Crippen molar-refractivity contribution < 1.29 is 73.3 Å². The summed E-state index contributed by atoms with van der Waals surface area (Å²) >= 11 is 3.11. The molecule has 0 aliphatic heterocycles. The molecule has 6 aromatic carbocycles. The number of halogens is 2. The Bertz CT molecular complexity index is 2030. The van der Waals surface area contributed by atoms with E-state index >= 15 is 0 Å². The van der Waals surface area contributed by atoms with Crippen molar-refractivity contribution in [3.8, 4) is 0 Å². The van der Waals surface area contributed by atoms with Crippen molar-refractivity contribution in [2.45, 2.75) is 54.4 Å². The van der Waals surface area contributed by atoms with Crippen LogP contribution in [0.1, 0.15) is 65.5 Å². The molecule has 0 fully saturated rings. The molecule has 0 radical (unpaired) electrons. The van der Waals surface area contributed by atoms with Gasteiger partial charge in [-0.05, 0) is 26.7 Å². The molecule has 6 aromatic rings. The smallest absolute Gasteiger partial charge is 1.00 e. The van der Waals surface area contributed by atoms with Gasteiger partial charge < -0.3 is 24.8 Å². The fourth-order valence-electron chi connectivity index (χ4n) is 6.22. The normalized spacial score (nSPS) is 12.9. The second-order valence-corrected chi connectivity index (χ2v) is 17.6. The molecule has 48 heavy (non-hydrogen) atoms. The van der Waals surface area contributed by atoms with Crippen LogP contribution in [-0.4, -0.2) is 6.41 Å². The SMILES string of the molecule is CC1=CCC(c2cccc3c2[cH-]c2ccccc23)=C1.CC1=CCC(c2cccc3c2[cH-]c2ccccc23)=C1.C[C](C)=[Zr].C[C](C)=[Zr].[Cl-].[Cl-]. The minimum Gasteiger partial charge on any atom is -1.00 e. The summed E-state index contributed by atoms with van der Waals surface area (Å²) in [6, 6.07) is 35.3. The van der Waals surface area contributed by atoms with E-state index in [-0.39, 0.29) is 24.8 Å². The fraction of sp³-hybridized carbons (Fsp3) is 0.182. The number of hydrogen-bond acceptors (Lipinski definition) is 0. The molecular formula is C44H42Cl2Zr2-4. The fourth-order valence-corrected chi connectivity index (χ4v) is 6.22. The molecule has 0 bridgehead atoms. The molecule has 0 atom stereocenters. The van der Waals surface area contributed by atoms with Crippen LogP contribution >= 0.6 is 0 Å². The van der Waals surface area contributed by atoms with Crippen molar-refractivity contribution in [2.24, 2.45) is 0 Å². The Labute approximate surface area is 328 Å². The summed E-state index contributed by atoms with van der Waals surface area (Å²) < 4.78 is 3.01. The van der Waals surface area contributed by atoms with E-state index in [4.69, 9.17) is 0 Å². The van der Waals surface area contributed by atoms with Gasteiger partial charge in [-0.25, -0.2) is 0 Å². The van der Waals surface area contributed by atoms with Gasteiger partial charge in [-0.1, -0.05) is 131 Å². The quantitative estimate of drug-likeness (QED) is 0.178. The first kappa shape index (κ1) is 40.1. The molecule has 2 aliphatic carbocycles. The summed E-state index contributed by atoms with van der Waals surface area (Å²) in [7, 11) is 0. The average molecular weight is 824 g/mol. The Hall–Kier alpha value is -2.33. The maximum Gasteiger partial charge on any atom is -1.00 e. The molecule has 0 amide bonds. The van der Waals surface area contributed by atoms with Crippen molar-refractivity contribution >= 4 is 60.6 Å². The van der Waals surface area contributed by atoms with Gasteiger partial charge in [0.05, 0.1) is 0 Å². The van der Waals surface area contributed by atoms with Crippen LogP contribution in [0.4, 0.5) is 0 Å². The van der Waals surface area contributed by atoms with Crippen LogP contribution in [0, 0.1) is 0 Å². The van der Waals surface area contributed by atoms with Crippen molar-refractivity contribution in [1.29, 1.82) is 0 Å². The zero-order valence-corrected chi connectivity index (χ0v) is 35.1. The second-order valence-electron chi connectivity index (χ2n) is 12.6. The van der Waals surface area contributed by atoms with Gasteiger partial charge in [0.15, 0.2) is 0 Å². The van der Waals surface area contributed by atoms with E-state index in [0.717, 1.165) is 12.8 Å². The first-order chi connectivity index (χ1) is 22.1. The minimum atomic E-state index is 0. The van der Waals surface area contributed by atoms with Gasteiger partial charge in [0.25, 0.3) is 0 Å². The summed E-state index contributed by atoms with van der Waals surface area (Å²) in [4.78, 5) is 0. The molecule has 0 N–H and O–H groups in total. The van der Waals surface area contributed by atoms with Gasteiger partial charge >= 0.3 is 82.6 Å². The zero-order chi connectivity index (χ0) is 32.8. The van der Waals surface area contributed by atoms with Crippen LogP contribution in [0.2, 0.25) is 0 Å². The van der Waals surface area contributed by atoms with Gasteiger partial charge in [-0.2, -0.15) is 0 Å². The van der Waals surface area contributed by atoms with Gasteiger partial charge in [0.1, 0.15) is 0 Å². The monoisotopic (exact) mass is 820 g/mol. The molecule has 0 saturated carbocycles. The summed E-state index contributed by atoms with van der Waals surface area (Å²) in [5, 5.41) is 10.9. The van der Waals surface area contributed by atoms with Gasteiger partial charge in [-0.3, -0.25) is 0 Å². The van der Waals surface area contributed by atoms with E-state index in [9.17, 15) is 0 Å². The van der Waals surface area contributed by atoms with Crippen LogP contribution in [0.25, 0.3) is 54.2 Å². The summed E-state index contributed by atoms with van der Waals surface area (Å²) in [6.07, 6.45) is 11.4. The number of rotatable bonds is 2. The standard InChI is InChI=1S/2C19H15.2C3H6.2ClH.2Zr/c2*1-13-9-10-15(11-13)17-7-4-8-18-16-6-3-2-5-14(16)12-19(17)18;2*1-3-2;;;;/h2*2-9,11-12H,10H2,1H3;2*1-2H3;2*1H;;/q2*-1;;;;;;/p-2. The predicted octanol–water partition coefficient (Wildman–Crippen LogP) is 6.39. The molecule has 244 valence electrons. The van der Waals surface area contributed by atoms with Crippen molar-refractivity contribution in [1.82, 2.24) is 0 Å². The Morgan fingerprint density at radius 3 is 1.17 bits per heavy atom. The maximum absolute atomic E-state index is 2.33. The molecule has 0 aromatic heterocycles. The van der Waals surface area contributed by atoms with E-state index in [1.807, 2.05) is 0 Å². The summed E-state index contributed by atoms with van der Waals surface area (Å²) in [5.41, 5.74) is 8.42. The van der Waals surface area contributed by atoms with Crippen LogP contribution in [0.15, 0.2) is 133 Å². The van der Waals surface area contributed by atoms with E-state index in [1.54, 1.807) is 48.5 Å². The summed E-state index contributed by atoms with van der Waals surface area (Å²) in [6.45, 7) is 12.8. The minimum absolute atomic E-state index is 0. The van der Waals surface area contributed by atoms with E-state index in [0.29, 0.717) is 0 Å². The third kappa shape index (κ3) is 9.89. The van der Waals surface area contributed by atoms with E-state index < -0.39 is 0 Å². The van der Waals surface area contributed by atoms with Crippen LogP contribution < -0.4 is 24.8 Å². The van der Waals surface area contributed by atoms with E-state index in [2.05, 4.69) is 163 Å². The predicted molar refractivity (Wildman–Crippen MR) is 200 cm³/mol. The van der Waals surface area contributed by atoms with Gasteiger partial charge in [0.2, 0.25) is 0 Å². The zero-order valence-electron chi connectivity index (χ0n) is 28.7. The second kappa shape index (κ2) is 18.6. The van der Waals surface area contributed by atoms with Gasteiger partial charge in [-0.15, -0.1) is 67.4 Å². The first-order valence-electron chi connectivity index (χ1n) is 16.1. The molecule has 8 rings (SSSR count). The summed E-state index contributed by atoms with van der Waals surface area (Å²) in [5.74, 6) is 0. The molecule has 0 saturated heterocycles. The average Bonchev–Trinajstić information content (AvgIpc) is 3.81. The van der Waals surface area contributed by atoms with Crippen LogP contribution in [0.5, 0.6) is 0 Å². The molecule has 4 heteroatoms. The van der Waals surface area contributed by atoms with Crippen molar-refractivity contribution in [3.05, 3.63) is 144 Å². The molecule has 0 nitrogen and oxygen atoms in total. The molecule has 0 heterocycles. The third-order valence-corrected chi connectivity index (χ3v) is 8.10. The van der Waals surface area contributed by atoms with Crippen LogP contribution in [0.3, 0.4) is 0 Å². The largest absolute Gasteiger partial charge is 1.00 e. The Morgan fingerprint density at radius 1 is 0.500 bits per heavy atom. The van der Waals surface area contributed by atoms with Crippen LogP contribution in [-0.2, 0) is 48.5 Å². The molecule has 0 spiro atoms. The number of allylic oxidation sites excluding steroid dienone is 8.